The third kappa shape index (κ3) is 2.69. The number of fused-ring (bicyclic) bond motifs is 5. The summed E-state index contributed by atoms with van der Waals surface area (Å²) in [4.78, 5) is 24.5. The zero-order valence-electron chi connectivity index (χ0n) is 16.4. The molecule has 7 atom stereocenters. The Morgan fingerprint density at radius 3 is 2.78 bits per heavy atom. The maximum Gasteiger partial charge on any atom is 0.161 e. The largest absolute Gasteiger partial charge is 0.393 e. The number of aliphatic hydroxyl groups is 2. The molecule has 0 aromatic rings. The third-order valence-electron chi connectivity index (χ3n) is 8.58. The number of aliphatic hydroxyl groups excluding tert-OH is 2. The molecule has 3 saturated carbocycles. The molecule has 5 heteroatoms. The molecule has 0 radical (unpaired) electrons. The lowest BCUT2D eigenvalue weighted by atomic mass is 9.45. The van der Waals surface area contributed by atoms with Crippen molar-refractivity contribution in [1.29, 1.82) is 0 Å². The second kappa shape index (κ2) is 6.78. The summed E-state index contributed by atoms with van der Waals surface area (Å²) in [6.45, 7) is 2.27. The van der Waals surface area contributed by atoms with Crippen molar-refractivity contribution in [1.82, 2.24) is 0 Å². The minimum atomic E-state index is -0.504. The van der Waals surface area contributed by atoms with Gasteiger partial charge in [0.2, 0.25) is 0 Å². The summed E-state index contributed by atoms with van der Waals surface area (Å²) in [5, 5.41) is 20.8. The first-order valence-electron chi connectivity index (χ1n) is 10.4. The van der Waals surface area contributed by atoms with Crippen molar-refractivity contribution in [3.63, 3.8) is 0 Å². The lowest BCUT2D eigenvalue weighted by molar-refractivity contribution is -0.161. The minimum absolute atomic E-state index is 0.105. The Balaban J connectivity index is 1.73. The average Bonchev–Trinajstić information content (AvgIpc) is 3.00. The van der Waals surface area contributed by atoms with Crippen molar-refractivity contribution in [3.8, 4) is 0 Å². The van der Waals surface area contributed by atoms with Crippen molar-refractivity contribution in [2.75, 3.05) is 20.3 Å². The van der Waals surface area contributed by atoms with Crippen LogP contribution in [0.15, 0.2) is 11.6 Å². The zero-order chi connectivity index (χ0) is 19.4. The molecule has 5 nitrogen and oxygen atoms in total. The molecular formula is C22H32O5. The highest BCUT2D eigenvalue weighted by atomic mass is 16.5. The van der Waals surface area contributed by atoms with E-state index in [2.05, 4.69) is 6.92 Å². The number of hydrogen-bond donors (Lipinski definition) is 2. The van der Waals surface area contributed by atoms with Crippen molar-refractivity contribution < 1.29 is 24.5 Å². The number of carbonyl (C=O) groups excluding carboxylic acids is 2. The lowest BCUT2D eigenvalue weighted by Crippen LogP contribution is -2.59. The molecular weight excluding hydrogens is 344 g/mol. The average molecular weight is 376 g/mol. The summed E-state index contributed by atoms with van der Waals surface area (Å²) >= 11 is 0. The van der Waals surface area contributed by atoms with Crippen molar-refractivity contribution in [3.05, 3.63) is 11.6 Å². The van der Waals surface area contributed by atoms with Crippen LogP contribution in [0.3, 0.4) is 0 Å². The second-order valence-corrected chi connectivity index (χ2v) is 9.58. The Kier molecular flexibility index (Phi) is 4.84. The Labute approximate surface area is 161 Å². The van der Waals surface area contributed by atoms with Crippen LogP contribution in [-0.2, 0) is 14.3 Å². The van der Waals surface area contributed by atoms with Gasteiger partial charge in [-0.05, 0) is 67.8 Å². The molecule has 0 aliphatic heterocycles. The van der Waals surface area contributed by atoms with Gasteiger partial charge in [0.25, 0.3) is 0 Å². The predicted octanol–water partition coefficient (Wildman–Crippen LogP) is 2.29. The minimum Gasteiger partial charge on any atom is -0.393 e. The summed E-state index contributed by atoms with van der Waals surface area (Å²) < 4.78 is 5.58. The number of methoxy groups -OCH3 is 1. The van der Waals surface area contributed by atoms with E-state index in [4.69, 9.17) is 4.74 Å². The van der Waals surface area contributed by atoms with Gasteiger partial charge in [0.05, 0.1) is 12.7 Å². The van der Waals surface area contributed by atoms with E-state index in [0.717, 1.165) is 32.1 Å². The number of allylic oxidation sites excluding steroid dienone is 1. The maximum absolute atomic E-state index is 12.5. The fourth-order valence-electron chi connectivity index (χ4n) is 7.61. The smallest absolute Gasteiger partial charge is 0.161 e. The molecule has 2 N–H and O–H groups in total. The van der Waals surface area contributed by atoms with Crippen LogP contribution in [0, 0.1) is 34.5 Å². The van der Waals surface area contributed by atoms with Gasteiger partial charge < -0.3 is 14.9 Å². The summed E-state index contributed by atoms with van der Waals surface area (Å²) in [7, 11) is 1.67. The number of hydrogen-bond acceptors (Lipinski definition) is 5. The maximum atomic E-state index is 12.5. The van der Waals surface area contributed by atoms with Gasteiger partial charge in [-0.15, -0.1) is 0 Å². The Bertz CT molecular complexity index is 670. The fraction of sp³-hybridized carbons (Fsp3) is 0.818. The highest BCUT2D eigenvalue weighted by molar-refractivity contribution is 5.91. The van der Waals surface area contributed by atoms with Gasteiger partial charge in [0.1, 0.15) is 6.61 Å². The molecule has 0 amide bonds. The summed E-state index contributed by atoms with van der Waals surface area (Å²) in [5.74, 6) is 0.711. The van der Waals surface area contributed by atoms with Crippen LogP contribution in [0.5, 0.6) is 0 Å². The number of carbonyl (C=O) groups is 2. The molecule has 0 saturated heterocycles. The summed E-state index contributed by atoms with van der Waals surface area (Å²) in [5.41, 5.74) is 0.741. The zero-order valence-corrected chi connectivity index (χ0v) is 16.4. The first-order chi connectivity index (χ1) is 12.9. The van der Waals surface area contributed by atoms with E-state index in [1.807, 2.05) is 6.08 Å². The number of ether oxygens (including phenoxy) is 1. The van der Waals surface area contributed by atoms with E-state index in [-0.39, 0.29) is 34.2 Å². The summed E-state index contributed by atoms with van der Waals surface area (Å²) in [6.07, 6.45) is 6.89. The molecule has 27 heavy (non-hydrogen) atoms. The van der Waals surface area contributed by atoms with Crippen LogP contribution >= 0.6 is 0 Å². The van der Waals surface area contributed by atoms with E-state index < -0.39 is 12.7 Å². The monoisotopic (exact) mass is 376 g/mol. The van der Waals surface area contributed by atoms with Crippen LogP contribution in [0.25, 0.3) is 0 Å². The lowest BCUT2D eigenvalue weighted by Gasteiger charge is -2.60. The molecule has 4 aliphatic rings. The van der Waals surface area contributed by atoms with Crippen LogP contribution in [0.2, 0.25) is 0 Å². The van der Waals surface area contributed by atoms with Crippen molar-refractivity contribution >= 4 is 11.6 Å². The Hall–Kier alpha value is -1.04. The van der Waals surface area contributed by atoms with Gasteiger partial charge in [0.15, 0.2) is 11.6 Å². The third-order valence-corrected chi connectivity index (χ3v) is 8.58. The van der Waals surface area contributed by atoms with Gasteiger partial charge in [-0.25, -0.2) is 0 Å². The van der Waals surface area contributed by atoms with Crippen molar-refractivity contribution in [2.24, 2.45) is 34.5 Å². The normalized spacial score (nSPS) is 46.3. The van der Waals surface area contributed by atoms with Crippen LogP contribution in [0.1, 0.15) is 51.9 Å². The highest BCUT2D eigenvalue weighted by Gasteiger charge is 2.64. The van der Waals surface area contributed by atoms with Gasteiger partial charge in [-0.1, -0.05) is 12.5 Å². The quantitative estimate of drug-likeness (QED) is 0.786. The molecule has 4 aliphatic carbocycles. The van der Waals surface area contributed by atoms with E-state index >= 15 is 0 Å². The van der Waals surface area contributed by atoms with E-state index in [1.165, 1.54) is 5.57 Å². The van der Waals surface area contributed by atoms with Crippen molar-refractivity contribution in [2.45, 2.75) is 58.0 Å². The first kappa shape index (κ1) is 19.3. The number of Topliss-reactive ketones (excluding diaryl/α,β-unsaturated/α-hetero) is 1. The highest BCUT2D eigenvalue weighted by Crippen LogP contribution is 2.66. The number of rotatable bonds is 4. The summed E-state index contributed by atoms with van der Waals surface area (Å²) in [6, 6.07) is 0. The molecule has 0 bridgehead atoms. The second-order valence-electron chi connectivity index (χ2n) is 9.58. The van der Waals surface area contributed by atoms with Gasteiger partial charge in [-0.2, -0.15) is 0 Å². The van der Waals surface area contributed by atoms with Crippen LogP contribution < -0.4 is 0 Å². The predicted molar refractivity (Wildman–Crippen MR) is 99.9 cm³/mol. The first-order valence-corrected chi connectivity index (χ1v) is 10.4. The Morgan fingerprint density at radius 2 is 2.07 bits per heavy atom. The van der Waals surface area contributed by atoms with E-state index in [1.54, 1.807) is 7.11 Å². The van der Waals surface area contributed by atoms with Gasteiger partial charge >= 0.3 is 0 Å². The molecule has 0 aromatic carbocycles. The van der Waals surface area contributed by atoms with Crippen LogP contribution in [0.4, 0.5) is 0 Å². The Morgan fingerprint density at radius 1 is 1.30 bits per heavy atom. The standard InChI is InChI=1S/C22H32O5/c1-21-8-7-14(24)9-13(21)3-4-15-16-5-6-17(19(26)11-23)22(16,12-27-2)10-18(25)20(15)21/h9,15-18,20,23,25H,3-8,10-12H2,1-2H3/t15?,16?,17-,18+,20?,21+,22-/m0/s1. The molecule has 0 aromatic heterocycles. The van der Waals surface area contributed by atoms with Gasteiger partial charge in [0, 0.05) is 24.9 Å². The topological polar surface area (TPSA) is 83.8 Å². The molecule has 3 unspecified atom stereocenters. The molecule has 0 heterocycles. The molecule has 3 fully saturated rings. The van der Waals surface area contributed by atoms with Gasteiger partial charge in [-0.3, -0.25) is 9.59 Å². The number of ketones is 2. The molecule has 150 valence electrons. The SMILES string of the molecule is COC[C@@]12C[C@@H](O)C3C(CCC4=CC(=O)CC[C@]43C)C1CC[C@H]2C(=O)CO. The molecule has 4 rings (SSSR count). The van der Waals surface area contributed by atoms with E-state index in [9.17, 15) is 19.8 Å². The van der Waals surface area contributed by atoms with E-state index in [0.29, 0.717) is 31.3 Å². The molecule has 0 spiro atoms. The fourth-order valence-corrected chi connectivity index (χ4v) is 7.61. The van der Waals surface area contributed by atoms with Crippen LogP contribution in [-0.4, -0.2) is 48.2 Å².